The number of rotatable bonds is 6. The molecule has 1 aromatic heterocycles. The molecule has 2 rings (SSSR count). The average Bonchev–Trinajstić information content (AvgIpc) is 2.92. The van der Waals surface area contributed by atoms with Crippen LogP contribution in [0.1, 0.15) is 51.2 Å². The largest absolute Gasteiger partial charge is 0.360 e. The van der Waals surface area contributed by atoms with Crippen molar-refractivity contribution in [2.24, 2.45) is 11.8 Å². The van der Waals surface area contributed by atoms with E-state index in [4.69, 9.17) is 4.52 Å². The lowest BCUT2D eigenvalue weighted by Gasteiger charge is -2.26. The fraction of sp³-hybridized carbons (Fsp3) is 0.688. The Balaban J connectivity index is 1.74. The Morgan fingerprint density at radius 3 is 2.41 bits per heavy atom. The van der Waals surface area contributed by atoms with Crippen LogP contribution < -0.4 is 10.6 Å². The van der Waals surface area contributed by atoms with E-state index >= 15 is 0 Å². The van der Waals surface area contributed by atoms with Crippen molar-refractivity contribution in [2.75, 3.05) is 11.9 Å². The standard InChI is InChI=1S/C16H25N3O3/c1-3-4-9-17-15(20)12-5-7-13(8-6-12)16(21)18-14-10-11(2)22-19-14/h10,12-13H,3-9H2,1-2H3,(H,17,20)(H,18,19,21). The highest BCUT2D eigenvalue weighted by molar-refractivity contribution is 5.91. The normalized spacial score (nSPS) is 21.4. The molecule has 22 heavy (non-hydrogen) atoms. The van der Waals surface area contributed by atoms with Crippen molar-refractivity contribution in [1.82, 2.24) is 10.5 Å². The Morgan fingerprint density at radius 1 is 1.23 bits per heavy atom. The van der Waals surface area contributed by atoms with Gasteiger partial charge in [-0.3, -0.25) is 9.59 Å². The second-order valence-electron chi connectivity index (χ2n) is 6.01. The summed E-state index contributed by atoms with van der Waals surface area (Å²) in [4.78, 5) is 24.2. The highest BCUT2D eigenvalue weighted by atomic mass is 16.5. The molecule has 2 N–H and O–H groups in total. The molecule has 1 saturated carbocycles. The molecule has 0 aliphatic heterocycles. The van der Waals surface area contributed by atoms with Crippen molar-refractivity contribution in [2.45, 2.75) is 52.4 Å². The molecule has 0 aromatic carbocycles. The summed E-state index contributed by atoms with van der Waals surface area (Å²) in [7, 11) is 0. The smallest absolute Gasteiger partial charge is 0.228 e. The molecule has 2 amide bonds. The molecule has 0 atom stereocenters. The van der Waals surface area contributed by atoms with Gasteiger partial charge in [-0.15, -0.1) is 0 Å². The highest BCUT2D eigenvalue weighted by Crippen LogP contribution is 2.29. The second kappa shape index (κ2) is 7.96. The van der Waals surface area contributed by atoms with Crippen LogP contribution in [-0.4, -0.2) is 23.5 Å². The van der Waals surface area contributed by atoms with Crippen LogP contribution in [-0.2, 0) is 9.59 Å². The molecule has 1 aromatic rings. The van der Waals surface area contributed by atoms with Crippen molar-refractivity contribution in [3.8, 4) is 0 Å². The lowest BCUT2D eigenvalue weighted by molar-refractivity contribution is -0.128. The Labute approximate surface area is 131 Å². The van der Waals surface area contributed by atoms with Crippen LogP contribution in [0, 0.1) is 18.8 Å². The summed E-state index contributed by atoms with van der Waals surface area (Å²) in [5, 5.41) is 9.52. The fourth-order valence-corrected chi connectivity index (χ4v) is 2.80. The topological polar surface area (TPSA) is 84.2 Å². The second-order valence-corrected chi connectivity index (χ2v) is 6.01. The minimum atomic E-state index is -0.0447. The van der Waals surface area contributed by atoms with Gasteiger partial charge in [0.15, 0.2) is 5.82 Å². The number of aromatic nitrogens is 1. The van der Waals surface area contributed by atoms with Gasteiger partial charge in [0.2, 0.25) is 11.8 Å². The molecule has 6 nitrogen and oxygen atoms in total. The molecule has 6 heteroatoms. The van der Waals surface area contributed by atoms with Gasteiger partial charge in [-0.1, -0.05) is 18.5 Å². The number of carbonyl (C=O) groups excluding carboxylic acids is 2. The summed E-state index contributed by atoms with van der Waals surface area (Å²) >= 11 is 0. The van der Waals surface area contributed by atoms with Crippen molar-refractivity contribution in [3.63, 3.8) is 0 Å². The van der Waals surface area contributed by atoms with Crippen LogP contribution in [0.3, 0.4) is 0 Å². The number of unbranched alkanes of at least 4 members (excludes halogenated alkanes) is 1. The summed E-state index contributed by atoms with van der Waals surface area (Å²) in [5.74, 6) is 1.24. The van der Waals surface area contributed by atoms with E-state index in [1.54, 1.807) is 13.0 Å². The van der Waals surface area contributed by atoms with E-state index in [9.17, 15) is 9.59 Å². The van der Waals surface area contributed by atoms with Gasteiger partial charge in [-0.2, -0.15) is 0 Å². The van der Waals surface area contributed by atoms with Gasteiger partial charge in [0.1, 0.15) is 5.76 Å². The molecule has 1 aliphatic carbocycles. The number of nitrogens with one attached hydrogen (secondary N) is 2. The van der Waals surface area contributed by atoms with Crippen LogP contribution >= 0.6 is 0 Å². The first-order valence-electron chi connectivity index (χ1n) is 8.12. The Hall–Kier alpha value is -1.85. The van der Waals surface area contributed by atoms with Gasteiger partial charge in [0.25, 0.3) is 0 Å². The molecule has 1 heterocycles. The molecule has 0 spiro atoms. The summed E-state index contributed by atoms with van der Waals surface area (Å²) in [6, 6.07) is 1.70. The first kappa shape index (κ1) is 16.5. The summed E-state index contributed by atoms with van der Waals surface area (Å²) < 4.78 is 4.93. The zero-order chi connectivity index (χ0) is 15.9. The lowest BCUT2D eigenvalue weighted by atomic mass is 9.81. The van der Waals surface area contributed by atoms with E-state index < -0.39 is 0 Å². The molecule has 0 bridgehead atoms. The Bertz CT molecular complexity index is 504. The third-order valence-corrected chi connectivity index (χ3v) is 4.18. The monoisotopic (exact) mass is 307 g/mol. The average molecular weight is 307 g/mol. The number of aryl methyl sites for hydroxylation is 1. The molecule has 0 unspecified atom stereocenters. The van der Waals surface area contributed by atoms with Crippen molar-refractivity contribution >= 4 is 17.6 Å². The minimum absolute atomic E-state index is 0.0295. The van der Waals surface area contributed by atoms with Gasteiger partial charge in [-0.05, 0) is 39.0 Å². The fourth-order valence-electron chi connectivity index (χ4n) is 2.80. The first-order valence-corrected chi connectivity index (χ1v) is 8.12. The molecule has 1 fully saturated rings. The van der Waals surface area contributed by atoms with Crippen LogP contribution in [0.4, 0.5) is 5.82 Å². The molecule has 0 radical (unpaired) electrons. The van der Waals surface area contributed by atoms with E-state index in [1.165, 1.54) is 0 Å². The van der Waals surface area contributed by atoms with Crippen LogP contribution in [0.15, 0.2) is 10.6 Å². The number of hydrogen-bond donors (Lipinski definition) is 2. The van der Waals surface area contributed by atoms with Crippen molar-refractivity contribution in [1.29, 1.82) is 0 Å². The van der Waals surface area contributed by atoms with Crippen molar-refractivity contribution in [3.05, 3.63) is 11.8 Å². The predicted octanol–water partition coefficient (Wildman–Crippen LogP) is 2.64. The number of hydrogen-bond acceptors (Lipinski definition) is 4. The molecule has 1 aliphatic rings. The van der Waals surface area contributed by atoms with Crippen LogP contribution in [0.5, 0.6) is 0 Å². The minimum Gasteiger partial charge on any atom is -0.360 e. The third kappa shape index (κ3) is 4.58. The van der Waals surface area contributed by atoms with E-state index in [0.29, 0.717) is 11.6 Å². The number of amides is 2. The zero-order valence-corrected chi connectivity index (χ0v) is 13.4. The van der Waals surface area contributed by atoms with E-state index in [0.717, 1.165) is 45.1 Å². The van der Waals surface area contributed by atoms with Crippen LogP contribution in [0.2, 0.25) is 0 Å². The maximum Gasteiger partial charge on any atom is 0.228 e. The SMILES string of the molecule is CCCCNC(=O)C1CCC(C(=O)Nc2cc(C)on2)CC1. The Morgan fingerprint density at radius 2 is 1.86 bits per heavy atom. The van der Waals surface area contributed by atoms with E-state index in [-0.39, 0.29) is 23.7 Å². The number of anilines is 1. The predicted molar refractivity (Wildman–Crippen MR) is 83.2 cm³/mol. The highest BCUT2D eigenvalue weighted by Gasteiger charge is 2.30. The lowest BCUT2D eigenvalue weighted by Crippen LogP contribution is -2.35. The maximum atomic E-state index is 12.2. The van der Waals surface area contributed by atoms with Gasteiger partial charge in [0, 0.05) is 24.4 Å². The maximum absolute atomic E-state index is 12.2. The summed E-state index contributed by atoms with van der Waals surface area (Å²) in [6.45, 7) is 4.64. The van der Waals surface area contributed by atoms with Gasteiger partial charge in [-0.25, -0.2) is 0 Å². The number of carbonyl (C=O) groups is 2. The molecular formula is C16H25N3O3. The molecule has 0 saturated heterocycles. The van der Waals surface area contributed by atoms with E-state index in [1.807, 2.05) is 0 Å². The van der Waals surface area contributed by atoms with Gasteiger partial charge >= 0.3 is 0 Å². The van der Waals surface area contributed by atoms with Gasteiger partial charge in [0.05, 0.1) is 0 Å². The van der Waals surface area contributed by atoms with Crippen molar-refractivity contribution < 1.29 is 14.1 Å². The zero-order valence-electron chi connectivity index (χ0n) is 13.4. The summed E-state index contributed by atoms with van der Waals surface area (Å²) in [5.41, 5.74) is 0. The molecular weight excluding hydrogens is 282 g/mol. The third-order valence-electron chi connectivity index (χ3n) is 4.18. The Kier molecular flexibility index (Phi) is 5.98. The number of nitrogens with zero attached hydrogens (tertiary/aromatic N) is 1. The first-order chi connectivity index (χ1) is 10.6. The quantitative estimate of drug-likeness (QED) is 0.791. The van der Waals surface area contributed by atoms with Crippen LogP contribution in [0.25, 0.3) is 0 Å². The van der Waals surface area contributed by atoms with E-state index in [2.05, 4.69) is 22.7 Å². The molecule has 122 valence electrons. The van der Waals surface area contributed by atoms with Gasteiger partial charge < -0.3 is 15.2 Å². The summed E-state index contributed by atoms with van der Waals surface area (Å²) in [6.07, 6.45) is 5.13.